The van der Waals surface area contributed by atoms with Crippen LogP contribution in [0, 0.1) is 0 Å². The number of rotatable bonds is 7. The number of aliphatic hydroxyl groups excluding tert-OH is 1. The van der Waals surface area contributed by atoms with Gasteiger partial charge in [-0.05, 0) is 20.3 Å². The van der Waals surface area contributed by atoms with Gasteiger partial charge in [0.25, 0.3) is 0 Å². The zero-order valence-corrected chi connectivity index (χ0v) is 11.9. The van der Waals surface area contributed by atoms with Crippen molar-refractivity contribution in [1.29, 1.82) is 0 Å². The Labute approximate surface area is 117 Å². The Kier molecular flexibility index (Phi) is 5.63. The SMILES string of the molecule is CC(=O)N(C(C)C)C(C(=O)O)c1cn(CCCO)nn1. The molecule has 0 saturated carbocycles. The summed E-state index contributed by atoms with van der Waals surface area (Å²) in [4.78, 5) is 24.4. The Morgan fingerprint density at radius 3 is 2.55 bits per heavy atom. The van der Waals surface area contributed by atoms with Crippen LogP contribution in [-0.4, -0.2) is 54.6 Å². The summed E-state index contributed by atoms with van der Waals surface area (Å²) >= 11 is 0. The van der Waals surface area contributed by atoms with E-state index in [4.69, 9.17) is 5.11 Å². The van der Waals surface area contributed by atoms with Gasteiger partial charge in [-0.15, -0.1) is 5.10 Å². The second kappa shape index (κ2) is 6.99. The van der Waals surface area contributed by atoms with E-state index in [1.54, 1.807) is 13.8 Å². The number of hydrogen-bond acceptors (Lipinski definition) is 5. The van der Waals surface area contributed by atoms with Crippen molar-refractivity contribution in [2.45, 2.75) is 45.8 Å². The molecule has 20 heavy (non-hydrogen) atoms. The second-order valence-corrected chi connectivity index (χ2v) is 4.74. The lowest BCUT2D eigenvalue weighted by molar-refractivity contribution is -0.151. The molecule has 0 radical (unpaired) electrons. The molecule has 1 unspecified atom stereocenters. The van der Waals surface area contributed by atoms with Gasteiger partial charge in [-0.2, -0.15) is 0 Å². The summed E-state index contributed by atoms with van der Waals surface area (Å²) < 4.78 is 1.46. The number of carbonyl (C=O) groups excluding carboxylic acids is 1. The second-order valence-electron chi connectivity index (χ2n) is 4.74. The molecule has 8 nitrogen and oxygen atoms in total. The molecule has 2 N–H and O–H groups in total. The third-order valence-corrected chi connectivity index (χ3v) is 2.81. The molecule has 8 heteroatoms. The summed E-state index contributed by atoms with van der Waals surface area (Å²) in [6.07, 6.45) is 1.99. The Hall–Kier alpha value is -1.96. The summed E-state index contributed by atoms with van der Waals surface area (Å²) in [5, 5.41) is 25.8. The van der Waals surface area contributed by atoms with Gasteiger partial charge < -0.3 is 15.1 Å². The van der Waals surface area contributed by atoms with E-state index in [0.717, 1.165) is 0 Å². The minimum absolute atomic E-state index is 0.0170. The Morgan fingerprint density at radius 1 is 1.45 bits per heavy atom. The highest BCUT2D eigenvalue weighted by Crippen LogP contribution is 2.21. The monoisotopic (exact) mass is 284 g/mol. The highest BCUT2D eigenvalue weighted by atomic mass is 16.4. The van der Waals surface area contributed by atoms with Crippen molar-refractivity contribution >= 4 is 11.9 Å². The number of aliphatic hydroxyl groups is 1. The average molecular weight is 284 g/mol. The number of carboxylic acids is 1. The predicted octanol–water partition coefficient (Wildman–Crippen LogP) is 0.0431. The molecule has 112 valence electrons. The first kappa shape index (κ1) is 16.1. The largest absolute Gasteiger partial charge is 0.479 e. The van der Waals surface area contributed by atoms with Crippen LogP contribution in [0.3, 0.4) is 0 Å². The molecule has 0 fully saturated rings. The summed E-state index contributed by atoms with van der Waals surface area (Å²) in [5.74, 6) is -1.49. The van der Waals surface area contributed by atoms with Crippen LogP contribution in [0.15, 0.2) is 6.20 Å². The van der Waals surface area contributed by atoms with Crippen LogP contribution in [0.1, 0.15) is 38.9 Å². The number of amides is 1. The molecule has 0 aromatic carbocycles. The standard InChI is InChI=1S/C12H20N4O4/c1-8(2)16(9(3)18)11(12(19)20)10-7-15(14-13-10)5-4-6-17/h7-8,11,17H,4-6H2,1-3H3,(H,19,20). The maximum Gasteiger partial charge on any atom is 0.332 e. The smallest absolute Gasteiger partial charge is 0.332 e. The third-order valence-electron chi connectivity index (χ3n) is 2.81. The average Bonchev–Trinajstić information content (AvgIpc) is 2.79. The normalized spacial score (nSPS) is 12.4. The number of hydrogen-bond donors (Lipinski definition) is 2. The van der Waals surface area contributed by atoms with Gasteiger partial charge in [0.15, 0.2) is 6.04 Å². The zero-order valence-electron chi connectivity index (χ0n) is 11.9. The first-order chi connectivity index (χ1) is 9.38. The van der Waals surface area contributed by atoms with Gasteiger partial charge in [0, 0.05) is 26.1 Å². The number of nitrogens with zero attached hydrogens (tertiary/aromatic N) is 4. The fourth-order valence-corrected chi connectivity index (χ4v) is 2.01. The van der Waals surface area contributed by atoms with Crippen molar-refractivity contribution in [1.82, 2.24) is 19.9 Å². The van der Waals surface area contributed by atoms with Gasteiger partial charge in [-0.1, -0.05) is 5.21 Å². The van der Waals surface area contributed by atoms with E-state index in [0.29, 0.717) is 13.0 Å². The van der Waals surface area contributed by atoms with Crippen molar-refractivity contribution in [3.63, 3.8) is 0 Å². The molecule has 1 rings (SSSR count). The van der Waals surface area contributed by atoms with E-state index in [1.165, 1.54) is 22.7 Å². The molecule has 0 saturated heterocycles. The van der Waals surface area contributed by atoms with Crippen molar-refractivity contribution in [2.24, 2.45) is 0 Å². The van der Waals surface area contributed by atoms with Crippen molar-refractivity contribution < 1.29 is 19.8 Å². The van der Waals surface area contributed by atoms with Crippen molar-refractivity contribution in [3.05, 3.63) is 11.9 Å². The predicted molar refractivity (Wildman–Crippen MR) is 69.8 cm³/mol. The van der Waals surface area contributed by atoms with Crippen molar-refractivity contribution in [2.75, 3.05) is 6.61 Å². The van der Waals surface area contributed by atoms with Crippen molar-refractivity contribution in [3.8, 4) is 0 Å². The summed E-state index contributed by atoms with van der Waals surface area (Å²) in [5.41, 5.74) is 0.208. The molecule has 1 amide bonds. The molecule has 0 aliphatic carbocycles. The van der Waals surface area contributed by atoms with Crippen LogP contribution >= 0.6 is 0 Å². The Bertz CT molecular complexity index is 472. The van der Waals surface area contributed by atoms with Gasteiger partial charge in [-0.25, -0.2) is 4.79 Å². The topological polar surface area (TPSA) is 109 Å². The van der Waals surface area contributed by atoms with Gasteiger partial charge >= 0.3 is 5.97 Å². The lowest BCUT2D eigenvalue weighted by Crippen LogP contribution is -2.42. The van der Waals surface area contributed by atoms with Gasteiger partial charge in [0.05, 0.1) is 6.20 Å². The molecule has 1 aromatic rings. The van der Waals surface area contributed by atoms with E-state index in [9.17, 15) is 14.7 Å². The molecule has 0 aliphatic heterocycles. The van der Waals surface area contributed by atoms with Crippen LogP contribution in [0.25, 0.3) is 0 Å². The molecule has 0 bridgehead atoms. The first-order valence-corrected chi connectivity index (χ1v) is 6.41. The fraction of sp³-hybridized carbons (Fsp3) is 0.667. The molecular formula is C12H20N4O4. The number of carbonyl (C=O) groups is 2. The lowest BCUT2D eigenvalue weighted by Gasteiger charge is -2.30. The van der Waals surface area contributed by atoms with Crippen LogP contribution in [0.4, 0.5) is 0 Å². The Balaban J connectivity index is 3.04. The summed E-state index contributed by atoms with van der Waals surface area (Å²) in [6.45, 7) is 5.27. The van der Waals surface area contributed by atoms with E-state index >= 15 is 0 Å². The minimum Gasteiger partial charge on any atom is -0.479 e. The van der Waals surface area contributed by atoms with E-state index in [-0.39, 0.29) is 24.2 Å². The highest BCUT2D eigenvalue weighted by molar-refractivity contribution is 5.83. The van der Waals surface area contributed by atoms with E-state index in [2.05, 4.69) is 10.3 Å². The highest BCUT2D eigenvalue weighted by Gasteiger charge is 2.33. The first-order valence-electron chi connectivity index (χ1n) is 6.41. The molecule has 0 aliphatic rings. The molecule has 1 atom stereocenters. The summed E-state index contributed by atoms with van der Waals surface area (Å²) in [6, 6.07) is -1.42. The maximum absolute atomic E-state index is 11.7. The molecule has 1 aromatic heterocycles. The van der Waals surface area contributed by atoms with Crippen LogP contribution in [0.2, 0.25) is 0 Å². The number of aliphatic carboxylic acids is 1. The Morgan fingerprint density at radius 2 is 2.10 bits per heavy atom. The number of carboxylic acid groups (broad SMARTS) is 1. The fourth-order valence-electron chi connectivity index (χ4n) is 2.01. The number of aromatic nitrogens is 3. The van der Waals surface area contributed by atoms with Crippen LogP contribution in [0.5, 0.6) is 0 Å². The quantitative estimate of drug-likeness (QED) is 0.732. The maximum atomic E-state index is 11.7. The lowest BCUT2D eigenvalue weighted by atomic mass is 10.1. The third kappa shape index (κ3) is 3.77. The van der Waals surface area contributed by atoms with E-state index < -0.39 is 12.0 Å². The van der Waals surface area contributed by atoms with Gasteiger partial charge in [0.2, 0.25) is 5.91 Å². The molecule has 0 spiro atoms. The number of aryl methyl sites for hydroxylation is 1. The zero-order chi connectivity index (χ0) is 15.3. The van der Waals surface area contributed by atoms with Gasteiger partial charge in [0.1, 0.15) is 5.69 Å². The summed E-state index contributed by atoms with van der Waals surface area (Å²) in [7, 11) is 0. The van der Waals surface area contributed by atoms with Crippen LogP contribution in [-0.2, 0) is 16.1 Å². The van der Waals surface area contributed by atoms with E-state index in [1.807, 2.05) is 0 Å². The molecule has 1 heterocycles. The minimum atomic E-state index is -1.16. The van der Waals surface area contributed by atoms with Gasteiger partial charge in [-0.3, -0.25) is 9.48 Å². The van der Waals surface area contributed by atoms with Crippen LogP contribution < -0.4 is 0 Å². The molecular weight excluding hydrogens is 264 g/mol.